The summed E-state index contributed by atoms with van der Waals surface area (Å²) in [7, 11) is 0. The summed E-state index contributed by atoms with van der Waals surface area (Å²) >= 11 is 0. The van der Waals surface area contributed by atoms with Crippen LogP contribution in [-0.4, -0.2) is 140 Å². The first kappa shape index (κ1) is 66.8. The molecule has 0 aromatic rings. The SMILES string of the molecule is CC/C=C\C/C=C\C/C=C\C/C=C\C/C=C\CC(=O)NC(COC1OC(CO)C(OC2OC(CO)C(O)C(O)C2O)C(O)C1O)C(O)CCCCCCCCCCCCCCCCCCCCCCCCCC. The van der Waals surface area contributed by atoms with Crippen molar-refractivity contribution in [2.75, 3.05) is 19.8 Å². The predicted octanol–water partition coefficient (Wildman–Crippen LogP) is 9.39. The summed E-state index contributed by atoms with van der Waals surface area (Å²) in [4.78, 5) is 13.2. The Kier molecular flexibility index (Phi) is 41.0. The number of carbonyl (C=O) groups is 1. The lowest BCUT2D eigenvalue weighted by Crippen LogP contribution is -2.65. The molecule has 0 aromatic heterocycles. The second-order valence-corrected chi connectivity index (χ2v) is 20.4. The van der Waals surface area contributed by atoms with Gasteiger partial charge in [-0.2, -0.15) is 0 Å². The van der Waals surface area contributed by atoms with Crippen molar-refractivity contribution in [2.45, 2.75) is 286 Å². The van der Waals surface area contributed by atoms with Crippen LogP contribution in [0.15, 0.2) is 60.8 Å². The summed E-state index contributed by atoms with van der Waals surface area (Å²) in [6.07, 6.45) is 39.7. The molecule has 73 heavy (non-hydrogen) atoms. The Morgan fingerprint density at radius 3 is 1.33 bits per heavy atom. The molecule has 14 heteroatoms. The first-order valence-corrected chi connectivity index (χ1v) is 29.0. The van der Waals surface area contributed by atoms with Gasteiger partial charge in [-0.1, -0.05) is 229 Å². The molecule has 0 saturated carbocycles. The minimum absolute atomic E-state index is 0.0705. The number of carbonyl (C=O) groups excluding carboxylic acids is 1. The number of aliphatic hydroxyl groups excluding tert-OH is 8. The largest absolute Gasteiger partial charge is 0.394 e. The van der Waals surface area contributed by atoms with Crippen LogP contribution in [0, 0.1) is 0 Å². The van der Waals surface area contributed by atoms with Gasteiger partial charge in [0.1, 0.15) is 48.8 Å². The molecule has 14 nitrogen and oxygen atoms in total. The highest BCUT2D eigenvalue weighted by atomic mass is 16.7. The number of allylic oxidation sites excluding steroid dienone is 9. The average molecular weight is 1040 g/mol. The average Bonchev–Trinajstić information content (AvgIpc) is 3.39. The van der Waals surface area contributed by atoms with Crippen molar-refractivity contribution in [1.29, 1.82) is 0 Å². The standard InChI is InChI=1S/C59H105NO13/c1-3-5-7-9-11-13-15-17-19-20-21-22-23-24-25-26-27-29-30-32-34-36-38-40-42-48(63)47(60-51(64)43-41-39-37-35-33-31-28-18-16-14-12-10-8-6-4-2)46-70-58-56(69)54(67)57(50(45-62)72-58)73-59-55(68)53(66)52(65)49(44-61)71-59/h6,8,12,14,18,28,33,35,39,41,47-50,52-59,61-63,65-69H,3-5,7,9-11,13,15-17,19-27,29-32,34,36-38,40,42-46H2,1-2H3,(H,60,64)/b8-6-,14-12-,28-18-,35-33-,41-39-. The smallest absolute Gasteiger partial charge is 0.224 e. The van der Waals surface area contributed by atoms with Gasteiger partial charge in [0.25, 0.3) is 0 Å². The summed E-state index contributed by atoms with van der Waals surface area (Å²) < 4.78 is 22.8. The van der Waals surface area contributed by atoms with E-state index in [-0.39, 0.29) is 18.9 Å². The Bertz CT molecular complexity index is 1450. The van der Waals surface area contributed by atoms with E-state index in [1.165, 1.54) is 128 Å². The van der Waals surface area contributed by atoms with Crippen molar-refractivity contribution in [3.05, 3.63) is 60.8 Å². The van der Waals surface area contributed by atoms with E-state index in [9.17, 15) is 45.6 Å². The van der Waals surface area contributed by atoms with Crippen LogP contribution in [0.3, 0.4) is 0 Å². The molecule has 0 aromatic carbocycles. The molecule has 2 fully saturated rings. The number of unbranched alkanes of at least 4 members (excludes halogenated alkanes) is 23. The molecular formula is C59H105NO13. The number of aliphatic hydroxyl groups is 8. The topological polar surface area (TPSA) is 228 Å². The molecule has 2 saturated heterocycles. The quantitative estimate of drug-likeness (QED) is 0.0205. The van der Waals surface area contributed by atoms with Crippen LogP contribution in [0.4, 0.5) is 0 Å². The van der Waals surface area contributed by atoms with E-state index >= 15 is 0 Å². The maximum Gasteiger partial charge on any atom is 0.224 e. The maximum atomic E-state index is 13.2. The minimum Gasteiger partial charge on any atom is -0.394 e. The van der Waals surface area contributed by atoms with Gasteiger partial charge in [-0.3, -0.25) is 4.79 Å². The summed E-state index contributed by atoms with van der Waals surface area (Å²) in [6, 6.07) is -0.886. The van der Waals surface area contributed by atoms with E-state index in [0.29, 0.717) is 12.8 Å². The molecule has 2 rings (SSSR count). The van der Waals surface area contributed by atoms with Crippen LogP contribution in [0.5, 0.6) is 0 Å². The molecule has 2 aliphatic heterocycles. The molecule has 0 radical (unpaired) electrons. The van der Waals surface area contributed by atoms with Crippen molar-refractivity contribution < 1.29 is 64.6 Å². The fraction of sp³-hybridized carbons (Fsp3) is 0.814. The van der Waals surface area contributed by atoms with Crippen LogP contribution in [0.25, 0.3) is 0 Å². The summed E-state index contributed by atoms with van der Waals surface area (Å²) in [5, 5.41) is 87.1. The van der Waals surface area contributed by atoms with Crippen LogP contribution >= 0.6 is 0 Å². The van der Waals surface area contributed by atoms with E-state index in [2.05, 4.69) is 61.7 Å². The highest BCUT2D eigenvalue weighted by Gasteiger charge is 2.51. The maximum absolute atomic E-state index is 13.2. The van der Waals surface area contributed by atoms with E-state index in [4.69, 9.17) is 18.9 Å². The molecule has 0 bridgehead atoms. The van der Waals surface area contributed by atoms with E-state index in [1.807, 2.05) is 12.2 Å². The highest BCUT2D eigenvalue weighted by molar-refractivity contribution is 5.77. The van der Waals surface area contributed by atoms with Gasteiger partial charge < -0.3 is 65.1 Å². The molecule has 2 heterocycles. The normalized spacial score (nSPS) is 25.8. The van der Waals surface area contributed by atoms with Crippen molar-refractivity contribution in [1.82, 2.24) is 5.32 Å². The van der Waals surface area contributed by atoms with Crippen molar-refractivity contribution in [3.8, 4) is 0 Å². The molecule has 424 valence electrons. The number of nitrogens with one attached hydrogen (secondary N) is 1. The minimum atomic E-state index is -1.79. The number of hydrogen-bond acceptors (Lipinski definition) is 13. The van der Waals surface area contributed by atoms with Crippen molar-refractivity contribution in [2.24, 2.45) is 0 Å². The summed E-state index contributed by atoms with van der Waals surface area (Å²) in [5.74, 6) is -0.333. The van der Waals surface area contributed by atoms with E-state index in [0.717, 1.165) is 51.4 Å². The zero-order valence-corrected chi connectivity index (χ0v) is 45.4. The highest BCUT2D eigenvalue weighted by Crippen LogP contribution is 2.30. The second-order valence-electron chi connectivity index (χ2n) is 20.4. The van der Waals surface area contributed by atoms with Gasteiger partial charge >= 0.3 is 0 Å². The van der Waals surface area contributed by atoms with E-state index in [1.54, 1.807) is 6.08 Å². The molecule has 9 N–H and O–H groups in total. The van der Waals surface area contributed by atoms with Gasteiger partial charge in [-0.05, 0) is 38.5 Å². The monoisotopic (exact) mass is 1040 g/mol. The summed E-state index contributed by atoms with van der Waals surface area (Å²) in [5.41, 5.74) is 0. The lowest BCUT2D eigenvalue weighted by atomic mass is 9.97. The van der Waals surface area contributed by atoms with Gasteiger partial charge in [-0.25, -0.2) is 0 Å². The Hall–Kier alpha value is -2.31. The zero-order valence-electron chi connectivity index (χ0n) is 45.4. The number of ether oxygens (including phenoxy) is 4. The van der Waals surface area contributed by atoms with Gasteiger partial charge in [-0.15, -0.1) is 0 Å². The third-order valence-corrected chi connectivity index (χ3v) is 14.0. The molecule has 0 aliphatic carbocycles. The molecular weight excluding hydrogens is 931 g/mol. The molecule has 1 amide bonds. The molecule has 2 aliphatic rings. The second kappa shape index (κ2) is 44.8. The molecule has 0 spiro atoms. The van der Waals surface area contributed by atoms with Crippen LogP contribution in [0.2, 0.25) is 0 Å². The number of rotatable bonds is 45. The Morgan fingerprint density at radius 2 is 0.890 bits per heavy atom. The van der Waals surface area contributed by atoms with Crippen LogP contribution in [-0.2, 0) is 23.7 Å². The number of hydrogen-bond donors (Lipinski definition) is 9. The third-order valence-electron chi connectivity index (χ3n) is 14.0. The van der Waals surface area contributed by atoms with Crippen LogP contribution < -0.4 is 5.32 Å². The van der Waals surface area contributed by atoms with Crippen LogP contribution in [0.1, 0.15) is 213 Å². The number of amides is 1. The first-order valence-electron chi connectivity index (χ1n) is 29.0. The van der Waals surface area contributed by atoms with Crippen molar-refractivity contribution >= 4 is 5.91 Å². The third kappa shape index (κ3) is 30.9. The lowest BCUT2D eigenvalue weighted by Gasteiger charge is -2.46. The molecule has 12 atom stereocenters. The van der Waals surface area contributed by atoms with Gasteiger partial charge in [0, 0.05) is 6.42 Å². The van der Waals surface area contributed by atoms with E-state index < -0.39 is 86.8 Å². The Labute approximate surface area is 441 Å². The lowest BCUT2D eigenvalue weighted by molar-refractivity contribution is -0.359. The van der Waals surface area contributed by atoms with Gasteiger partial charge in [0.2, 0.25) is 5.91 Å². The Balaban J connectivity index is 1.77. The van der Waals surface area contributed by atoms with Gasteiger partial charge in [0.15, 0.2) is 12.6 Å². The zero-order chi connectivity index (χ0) is 53.2. The first-order chi connectivity index (χ1) is 35.6. The van der Waals surface area contributed by atoms with Crippen molar-refractivity contribution in [3.63, 3.8) is 0 Å². The Morgan fingerprint density at radius 1 is 0.493 bits per heavy atom. The summed E-state index contributed by atoms with van der Waals surface area (Å²) in [6.45, 7) is 2.68. The fourth-order valence-electron chi connectivity index (χ4n) is 9.36. The fourth-order valence-corrected chi connectivity index (χ4v) is 9.36. The van der Waals surface area contributed by atoms with Gasteiger partial charge in [0.05, 0.1) is 32.0 Å². The predicted molar refractivity (Wildman–Crippen MR) is 290 cm³/mol. The molecule has 12 unspecified atom stereocenters.